The van der Waals surface area contributed by atoms with Crippen molar-refractivity contribution in [2.75, 3.05) is 33.8 Å². The molecule has 0 N–H and O–H groups in total. The Morgan fingerprint density at radius 3 is 2.78 bits per heavy atom. The van der Waals surface area contributed by atoms with Crippen LogP contribution in [0.5, 0.6) is 0 Å². The average molecular weight is 256 g/mol. The lowest BCUT2D eigenvalue weighted by Gasteiger charge is -2.17. The predicted molar refractivity (Wildman–Crippen MR) is 65.9 cm³/mol. The molecule has 6 nitrogen and oxygen atoms in total. The number of carbonyl (C=O) groups excluding carboxylic acids is 2. The van der Waals surface area contributed by atoms with E-state index in [4.69, 9.17) is 9.47 Å². The molecule has 1 aliphatic rings. The first-order valence-corrected chi connectivity index (χ1v) is 5.99. The van der Waals surface area contributed by atoms with Gasteiger partial charge in [0.05, 0.1) is 19.4 Å². The van der Waals surface area contributed by atoms with Gasteiger partial charge in [-0.3, -0.25) is 4.79 Å². The molecule has 18 heavy (non-hydrogen) atoms. The molecule has 1 fully saturated rings. The van der Waals surface area contributed by atoms with E-state index in [1.54, 1.807) is 19.0 Å². The Morgan fingerprint density at radius 2 is 2.17 bits per heavy atom. The predicted octanol–water partition coefficient (Wildman–Crippen LogP) is 0.836. The van der Waals surface area contributed by atoms with E-state index in [0.29, 0.717) is 26.1 Å². The monoisotopic (exact) mass is 256 g/mol. The SMILES string of the molecule is CCOC=CC(=O)N1CCC(OC(=O)N(C)C)C1. The third-order valence-corrected chi connectivity index (χ3v) is 2.56. The minimum atomic E-state index is -0.376. The van der Waals surface area contributed by atoms with Crippen LogP contribution < -0.4 is 0 Å². The van der Waals surface area contributed by atoms with Crippen molar-refractivity contribution in [3.8, 4) is 0 Å². The molecular formula is C12H20N2O4. The minimum absolute atomic E-state index is 0.119. The maximum absolute atomic E-state index is 11.7. The van der Waals surface area contributed by atoms with Crippen LogP contribution in [0.1, 0.15) is 13.3 Å². The summed E-state index contributed by atoms with van der Waals surface area (Å²) in [6, 6.07) is 0. The highest BCUT2D eigenvalue weighted by molar-refractivity contribution is 5.87. The van der Waals surface area contributed by atoms with E-state index in [9.17, 15) is 9.59 Å². The average Bonchev–Trinajstić information content (AvgIpc) is 2.77. The Kier molecular flexibility index (Phi) is 5.48. The number of likely N-dealkylation sites (tertiary alicyclic amines) is 1. The molecule has 1 unspecified atom stereocenters. The zero-order valence-electron chi connectivity index (χ0n) is 11.1. The molecule has 1 atom stereocenters. The molecule has 1 saturated heterocycles. The lowest BCUT2D eigenvalue weighted by molar-refractivity contribution is -0.125. The van der Waals surface area contributed by atoms with E-state index in [0.717, 1.165) is 0 Å². The second-order valence-electron chi connectivity index (χ2n) is 4.23. The number of hydrogen-bond acceptors (Lipinski definition) is 4. The van der Waals surface area contributed by atoms with Gasteiger partial charge >= 0.3 is 6.09 Å². The van der Waals surface area contributed by atoms with Crippen LogP contribution >= 0.6 is 0 Å². The van der Waals surface area contributed by atoms with Crippen LogP contribution in [0.2, 0.25) is 0 Å². The quantitative estimate of drug-likeness (QED) is 0.552. The second kappa shape index (κ2) is 6.88. The minimum Gasteiger partial charge on any atom is -0.501 e. The molecule has 0 aromatic heterocycles. The van der Waals surface area contributed by atoms with Crippen LogP contribution in [0.4, 0.5) is 4.79 Å². The van der Waals surface area contributed by atoms with Gasteiger partial charge in [0.1, 0.15) is 6.10 Å². The molecule has 0 aromatic rings. The summed E-state index contributed by atoms with van der Waals surface area (Å²) in [5.41, 5.74) is 0. The van der Waals surface area contributed by atoms with Gasteiger partial charge in [-0.15, -0.1) is 0 Å². The molecular weight excluding hydrogens is 236 g/mol. The lowest BCUT2D eigenvalue weighted by atomic mass is 10.3. The number of amides is 2. The van der Waals surface area contributed by atoms with E-state index in [2.05, 4.69) is 0 Å². The first-order valence-electron chi connectivity index (χ1n) is 5.99. The second-order valence-corrected chi connectivity index (χ2v) is 4.23. The van der Waals surface area contributed by atoms with Crippen molar-refractivity contribution >= 4 is 12.0 Å². The van der Waals surface area contributed by atoms with Gasteiger partial charge in [0, 0.05) is 33.1 Å². The van der Waals surface area contributed by atoms with E-state index < -0.39 is 0 Å². The Labute approximate surface area is 107 Å². The lowest BCUT2D eigenvalue weighted by Crippen LogP contribution is -2.32. The largest absolute Gasteiger partial charge is 0.501 e. The molecule has 2 amide bonds. The van der Waals surface area contributed by atoms with Crippen LogP contribution in [0.25, 0.3) is 0 Å². The maximum atomic E-state index is 11.7. The molecule has 102 valence electrons. The van der Waals surface area contributed by atoms with Crippen LogP contribution in [0.3, 0.4) is 0 Å². The van der Waals surface area contributed by atoms with Crippen molar-refractivity contribution in [1.82, 2.24) is 9.80 Å². The van der Waals surface area contributed by atoms with Crippen molar-refractivity contribution in [2.45, 2.75) is 19.4 Å². The number of carbonyl (C=O) groups is 2. The van der Waals surface area contributed by atoms with Gasteiger partial charge in [-0.25, -0.2) is 4.79 Å². The number of rotatable bonds is 4. The Bertz CT molecular complexity index is 328. The Balaban J connectivity index is 2.36. The zero-order valence-corrected chi connectivity index (χ0v) is 11.1. The molecule has 0 aliphatic carbocycles. The standard InChI is InChI=1S/C12H20N2O4/c1-4-17-8-6-11(15)14-7-5-10(9-14)18-12(16)13(2)3/h6,8,10H,4-5,7,9H2,1-3H3. The Morgan fingerprint density at radius 1 is 1.44 bits per heavy atom. The van der Waals surface area contributed by atoms with E-state index in [-0.39, 0.29) is 18.1 Å². The maximum Gasteiger partial charge on any atom is 0.409 e. The number of nitrogens with zero attached hydrogens (tertiary/aromatic N) is 2. The van der Waals surface area contributed by atoms with Crippen molar-refractivity contribution in [3.05, 3.63) is 12.3 Å². The normalized spacial score (nSPS) is 19.1. The van der Waals surface area contributed by atoms with Gasteiger partial charge in [-0.05, 0) is 6.92 Å². The van der Waals surface area contributed by atoms with Crippen LogP contribution in [0, 0.1) is 0 Å². The first kappa shape index (κ1) is 14.3. The van der Waals surface area contributed by atoms with Crippen molar-refractivity contribution in [2.24, 2.45) is 0 Å². The van der Waals surface area contributed by atoms with Crippen molar-refractivity contribution in [3.63, 3.8) is 0 Å². The highest BCUT2D eigenvalue weighted by Crippen LogP contribution is 2.14. The van der Waals surface area contributed by atoms with Gasteiger partial charge in [-0.2, -0.15) is 0 Å². The molecule has 0 radical (unpaired) electrons. The zero-order chi connectivity index (χ0) is 13.5. The van der Waals surface area contributed by atoms with E-state index >= 15 is 0 Å². The summed E-state index contributed by atoms with van der Waals surface area (Å²) >= 11 is 0. The smallest absolute Gasteiger partial charge is 0.409 e. The summed E-state index contributed by atoms with van der Waals surface area (Å²) in [5.74, 6) is -0.119. The fourth-order valence-electron chi connectivity index (χ4n) is 1.58. The fourth-order valence-corrected chi connectivity index (χ4v) is 1.58. The summed E-state index contributed by atoms with van der Waals surface area (Å²) in [6.45, 7) is 3.42. The summed E-state index contributed by atoms with van der Waals surface area (Å²) in [5, 5.41) is 0. The summed E-state index contributed by atoms with van der Waals surface area (Å²) in [7, 11) is 3.26. The summed E-state index contributed by atoms with van der Waals surface area (Å²) in [4.78, 5) is 26.1. The number of ether oxygens (including phenoxy) is 2. The molecule has 1 aliphatic heterocycles. The fraction of sp³-hybridized carbons (Fsp3) is 0.667. The molecule has 1 heterocycles. The molecule has 1 rings (SSSR count). The third-order valence-electron chi connectivity index (χ3n) is 2.56. The van der Waals surface area contributed by atoms with Gasteiger partial charge < -0.3 is 19.3 Å². The topological polar surface area (TPSA) is 59.1 Å². The van der Waals surface area contributed by atoms with E-state index in [1.807, 2.05) is 6.92 Å². The molecule has 0 saturated carbocycles. The summed E-state index contributed by atoms with van der Waals surface area (Å²) < 4.78 is 10.2. The summed E-state index contributed by atoms with van der Waals surface area (Å²) in [6.07, 6.45) is 2.86. The van der Waals surface area contributed by atoms with Gasteiger partial charge in [0.2, 0.25) is 5.91 Å². The van der Waals surface area contributed by atoms with Crippen LogP contribution in [-0.4, -0.2) is 61.7 Å². The van der Waals surface area contributed by atoms with E-state index in [1.165, 1.54) is 17.2 Å². The van der Waals surface area contributed by atoms with Crippen LogP contribution in [0.15, 0.2) is 12.3 Å². The van der Waals surface area contributed by atoms with Gasteiger partial charge in [0.15, 0.2) is 0 Å². The van der Waals surface area contributed by atoms with Gasteiger partial charge in [-0.1, -0.05) is 0 Å². The molecule has 0 bridgehead atoms. The molecule has 6 heteroatoms. The number of hydrogen-bond donors (Lipinski definition) is 0. The molecule has 0 aromatic carbocycles. The third kappa shape index (κ3) is 4.27. The Hall–Kier alpha value is -1.72. The van der Waals surface area contributed by atoms with Crippen LogP contribution in [-0.2, 0) is 14.3 Å². The van der Waals surface area contributed by atoms with Crippen molar-refractivity contribution < 1.29 is 19.1 Å². The molecule has 0 spiro atoms. The highest BCUT2D eigenvalue weighted by atomic mass is 16.6. The highest BCUT2D eigenvalue weighted by Gasteiger charge is 2.28. The first-order chi connectivity index (χ1) is 8.54. The van der Waals surface area contributed by atoms with Crippen molar-refractivity contribution in [1.29, 1.82) is 0 Å². The van der Waals surface area contributed by atoms with Gasteiger partial charge in [0.25, 0.3) is 0 Å².